The summed E-state index contributed by atoms with van der Waals surface area (Å²) in [7, 11) is 0. The number of piperidine rings is 1. The number of ether oxygens (including phenoxy) is 1. The maximum Gasteiger partial charge on any atom is 0.277 e. The number of carbonyl (C=O) groups excluding carboxylic acids is 1. The van der Waals surface area contributed by atoms with Crippen molar-refractivity contribution >= 4 is 11.6 Å². The molecule has 25 heavy (non-hydrogen) atoms. The first-order valence-electron chi connectivity index (χ1n) is 8.61. The van der Waals surface area contributed by atoms with E-state index >= 15 is 0 Å². The van der Waals surface area contributed by atoms with Gasteiger partial charge in [0.1, 0.15) is 11.9 Å². The minimum atomic E-state index is -0.294. The van der Waals surface area contributed by atoms with Crippen molar-refractivity contribution in [2.75, 3.05) is 18.4 Å². The quantitative estimate of drug-likeness (QED) is 0.892. The number of nitrogens with zero attached hydrogens (tertiary/aromatic N) is 3. The molecular formula is C18H25N5O2. The van der Waals surface area contributed by atoms with E-state index in [1.807, 2.05) is 24.3 Å². The molecular weight excluding hydrogens is 318 g/mol. The lowest BCUT2D eigenvalue weighted by atomic mass is 9.99. The van der Waals surface area contributed by atoms with Crippen molar-refractivity contribution in [1.29, 1.82) is 0 Å². The predicted octanol–water partition coefficient (Wildman–Crippen LogP) is 2.70. The highest BCUT2D eigenvalue weighted by Gasteiger charge is 2.27. The molecule has 0 radical (unpaired) electrons. The largest absolute Gasteiger partial charge is 0.490 e. The monoisotopic (exact) mass is 343 g/mol. The zero-order chi connectivity index (χ0) is 17.9. The van der Waals surface area contributed by atoms with Gasteiger partial charge in [0.25, 0.3) is 5.91 Å². The van der Waals surface area contributed by atoms with Crippen LogP contribution in [0.3, 0.4) is 0 Å². The minimum Gasteiger partial charge on any atom is -0.490 e. The summed E-state index contributed by atoms with van der Waals surface area (Å²) in [5.41, 5.74) is 1.17. The van der Waals surface area contributed by atoms with Crippen LogP contribution in [0.5, 0.6) is 5.75 Å². The summed E-state index contributed by atoms with van der Waals surface area (Å²) in [5.74, 6) is 0.533. The number of hydrogen-bond donors (Lipinski definition) is 2. The number of likely N-dealkylation sites (tertiary alicyclic amines) is 1. The Morgan fingerprint density at radius 2 is 1.92 bits per heavy atom. The SMILES string of the molecule is CC(C)(C)N1CCC(Oc2ccc(NC(=O)c3cn[nH]n3)cc2)CC1. The van der Waals surface area contributed by atoms with E-state index in [2.05, 4.69) is 46.4 Å². The molecule has 2 N–H and O–H groups in total. The van der Waals surface area contributed by atoms with E-state index in [1.165, 1.54) is 6.20 Å². The van der Waals surface area contributed by atoms with Crippen LogP contribution in [0, 0.1) is 0 Å². The summed E-state index contributed by atoms with van der Waals surface area (Å²) < 4.78 is 6.08. The van der Waals surface area contributed by atoms with E-state index in [-0.39, 0.29) is 23.2 Å². The van der Waals surface area contributed by atoms with E-state index in [4.69, 9.17) is 4.74 Å². The van der Waals surface area contributed by atoms with E-state index in [0.29, 0.717) is 5.69 Å². The van der Waals surface area contributed by atoms with Gasteiger partial charge in [0, 0.05) is 24.3 Å². The zero-order valence-corrected chi connectivity index (χ0v) is 15.0. The van der Waals surface area contributed by atoms with Gasteiger partial charge in [-0.2, -0.15) is 15.4 Å². The summed E-state index contributed by atoms with van der Waals surface area (Å²) >= 11 is 0. The molecule has 1 saturated heterocycles. The van der Waals surface area contributed by atoms with Crippen molar-refractivity contribution in [3.05, 3.63) is 36.2 Å². The number of carbonyl (C=O) groups is 1. The molecule has 0 spiro atoms. The molecule has 7 nitrogen and oxygen atoms in total. The molecule has 1 amide bonds. The van der Waals surface area contributed by atoms with Gasteiger partial charge in [0.2, 0.25) is 0 Å². The Kier molecular flexibility index (Phi) is 5.03. The number of amides is 1. The van der Waals surface area contributed by atoms with Gasteiger partial charge in [-0.1, -0.05) is 0 Å². The van der Waals surface area contributed by atoms with Crippen LogP contribution >= 0.6 is 0 Å². The van der Waals surface area contributed by atoms with Crippen molar-refractivity contribution in [3.8, 4) is 5.75 Å². The predicted molar refractivity (Wildman–Crippen MR) is 95.8 cm³/mol. The molecule has 0 bridgehead atoms. The molecule has 1 aliphatic rings. The number of aromatic nitrogens is 3. The Bertz CT molecular complexity index is 683. The lowest BCUT2D eigenvalue weighted by molar-refractivity contribution is 0.0491. The fourth-order valence-electron chi connectivity index (χ4n) is 2.96. The van der Waals surface area contributed by atoms with Crippen molar-refractivity contribution in [1.82, 2.24) is 20.3 Å². The summed E-state index contributed by atoms with van der Waals surface area (Å²) in [5, 5.41) is 12.6. The average molecular weight is 343 g/mol. The third-order valence-corrected chi connectivity index (χ3v) is 4.45. The smallest absolute Gasteiger partial charge is 0.277 e. The number of hydrogen-bond acceptors (Lipinski definition) is 5. The van der Waals surface area contributed by atoms with Crippen molar-refractivity contribution in [2.45, 2.75) is 45.3 Å². The Morgan fingerprint density at radius 3 is 2.48 bits per heavy atom. The first-order valence-corrected chi connectivity index (χ1v) is 8.61. The van der Waals surface area contributed by atoms with Crippen LogP contribution < -0.4 is 10.1 Å². The first kappa shape index (κ1) is 17.4. The fraction of sp³-hybridized carbons (Fsp3) is 0.500. The molecule has 2 heterocycles. The number of nitrogens with one attached hydrogen (secondary N) is 2. The summed E-state index contributed by atoms with van der Waals surface area (Å²) in [6, 6.07) is 7.43. The van der Waals surface area contributed by atoms with Crippen LogP contribution in [-0.2, 0) is 0 Å². The van der Waals surface area contributed by atoms with Crippen molar-refractivity contribution in [2.24, 2.45) is 0 Å². The topological polar surface area (TPSA) is 83.1 Å². The summed E-state index contributed by atoms with van der Waals surface area (Å²) in [6.07, 6.45) is 3.69. The van der Waals surface area contributed by atoms with E-state index < -0.39 is 0 Å². The van der Waals surface area contributed by atoms with Gasteiger partial charge in [-0.25, -0.2) is 0 Å². The highest BCUT2D eigenvalue weighted by Crippen LogP contribution is 2.24. The molecule has 0 saturated carbocycles. The number of H-pyrrole nitrogens is 1. The number of rotatable bonds is 4. The van der Waals surface area contributed by atoms with Crippen LogP contribution in [0.4, 0.5) is 5.69 Å². The molecule has 7 heteroatoms. The molecule has 0 aliphatic carbocycles. The van der Waals surface area contributed by atoms with Crippen LogP contribution in [0.25, 0.3) is 0 Å². The van der Waals surface area contributed by atoms with Gasteiger partial charge in [0.15, 0.2) is 5.69 Å². The molecule has 1 aliphatic heterocycles. The Balaban J connectivity index is 1.51. The zero-order valence-electron chi connectivity index (χ0n) is 15.0. The molecule has 1 aromatic heterocycles. The minimum absolute atomic E-state index is 0.217. The van der Waals surface area contributed by atoms with Gasteiger partial charge in [-0.3, -0.25) is 9.69 Å². The summed E-state index contributed by atoms with van der Waals surface area (Å²) in [4.78, 5) is 14.4. The second-order valence-corrected chi connectivity index (χ2v) is 7.31. The first-order chi connectivity index (χ1) is 11.9. The standard InChI is InChI=1S/C18H25N5O2/c1-18(2,3)23-10-8-15(9-11-23)25-14-6-4-13(5-7-14)20-17(24)16-12-19-22-21-16/h4-7,12,15H,8-11H2,1-3H3,(H,20,24)(H,19,21,22). The summed E-state index contributed by atoms with van der Waals surface area (Å²) in [6.45, 7) is 8.86. The van der Waals surface area contributed by atoms with Crippen LogP contribution in [0.2, 0.25) is 0 Å². The normalized spacial score (nSPS) is 16.6. The van der Waals surface area contributed by atoms with Gasteiger partial charge < -0.3 is 10.1 Å². The average Bonchev–Trinajstić information content (AvgIpc) is 3.11. The Hall–Kier alpha value is -2.41. The molecule has 3 rings (SSSR count). The second-order valence-electron chi connectivity index (χ2n) is 7.31. The number of benzene rings is 1. The molecule has 1 aromatic carbocycles. The van der Waals surface area contributed by atoms with Crippen LogP contribution in [0.15, 0.2) is 30.5 Å². The molecule has 2 aromatic rings. The van der Waals surface area contributed by atoms with Crippen molar-refractivity contribution in [3.63, 3.8) is 0 Å². The molecule has 1 fully saturated rings. The van der Waals surface area contributed by atoms with Gasteiger partial charge >= 0.3 is 0 Å². The Morgan fingerprint density at radius 1 is 1.24 bits per heavy atom. The Labute approximate surface area is 147 Å². The maximum atomic E-state index is 11.9. The van der Waals surface area contributed by atoms with Gasteiger partial charge in [-0.15, -0.1) is 0 Å². The molecule has 0 unspecified atom stereocenters. The second kappa shape index (κ2) is 7.23. The molecule has 134 valence electrons. The highest BCUT2D eigenvalue weighted by atomic mass is 16.5. The van der Waals surface area contributed by atoms with E-state index in [9.17, 15) is 4.79 Å². The maximum absolute atomic E-state index is 11.9. The van der Waals surface area contributed by atoms with E-state index in [1.54, 1.807) is 0 Å². The highest BCUT2D eigenvalue weighted by molar-refractivity contribution is 6.02. The van der Waals surface area contributed by atoms with Gasteiger partial charge in [0.05, 0.1) is 6.20 Å². The fourth-order valence-corrected chi connectivity index (χ4v) is 2.96. The van der Waals surface area contributed by atoms with Crippen LogP contribution in [-0.4, -0.2) is 51.0 Å². The lowest BCUT2D eigenvalue weighted by Gasteiger charge is -2.40. The van der Waals surface area contributed by atoms with Crippen LogP contribution in [0.1, 0.15) is 44.1 Å². The number of anilines is 1. The third kappa shape index (κ3) is 4.57. The third-order valence-electron chi connectivity index (χ3n) is 4.45. The van der Waals surface area contributed by atoms with E-state index in [0.717, 1.165) is 31.7 Å². The van der Waals surface area contributed by atoms with Crippen molar-refractivity contribution < 1.29 is 9.53 Å². The van der Waals surface area contributed by atoms with Gasteiger partial charge in [-0.05, 0) is 57.9 Å². The molecule has 0 atom stereocenters. The number of aromatic amines is 1. The lowest BCUT2D eigenvalue weighted by Crippen LogP contribution is -2.48.